The standard InChI is InChI=1S/C17H21N5O2/c1-11-18-16(21-20-11)15-10-22(8-9-24-15)14-7-6-12-4-2-3-5-13(12)19-17(14)23/h2-5,14-15H,6-10H2,1H3,(H,19,23)(H,18,20,21)/t14-,15-/m0/s1. The number of hydrogen-bond acceptors (Lipinski definition) is 5. The van der Waals surface area contributed by atoms with Crippen LogP contribution >= 0.6 is 0 Å². The van der Waals surface area contributed by atoms with E-state index < -0.39 is 0 Å². The molecule has 2 aromatic rings. The van der Waals surface area contributed by atoms with E-state index in [1.54, 1.807) is 0 Å². The zero-order chi connectivity index (χ0) is 16.5. The summed E-state index contributed by atoms with van der Waals surface area (Å²) in [6, 6.07) is 7.87. The van der Waals surface area contributed by atoms with Crippen LogP contribution in [0.5, 0.6) is 0 Å². The Morgan fingerprint density at radius 2 is 2.21 bits per heavy atom. The summed E-state index contributed by atoms with van der Waals surface area (Å²) in [6.45, 7) is 3.82. The first-order chi connectivity index (χ1) is 11.7. The molecule has 0 unspecified atom stereocenters. The first-order valence-electron chi connectivity index (χ1n) is 8.34. The van der Waals surface area contributed by atoms with Crippen molar-refractivity contribution in [2.75, 3.05) is 25.0 Å². The lowest BCUT2D eigenvalue weighted by molar-refractivity contribution is -0.125. The van der Waals surface area contributed by atoms with Gasteiger partial charge in [0.1, 0.15) is 11.9 Å². The van der Waals surface area contributed by atoms with E-state index in [1.165, 1.54) is 5.56 Å². The minimum atomic E-state index is -0.192. The van der Waals surface area contributed by atoms with Crippen LogP contribution in [0.25, 0.3) is 0 Å². The van der Waals surface area contributed by atoms with E-state index in [1.807, 2.05) is 25.1 Å². The fraction of sp³-hybridized carbons (Fsp3) is 0.471. The van der Waals surface area contributed by atoms with E-state index in [9.17, 15) is 4.79 Å². The SMILES string of the molecule is Cc1nc([C@@H]2CN([C@H]3CCc4ccccc4NC3=O)CCO2)n[nH]1. The number of para-hydroxylation sites is 1. The van der Waals surface area contributed by atoms with Gasteiger partial charge in [-0.2, -0.15) is 5.10 Å². The molecule has 7 heteroatoms. The largest absolute Gasteiger partial charge is 0.367 e. The van der Waals surface area contributed by atoms with Gasteiger partial charge in [-0.15, -0.1) is 0 Å². The van der Waals surface area contributed by atoms with Crippen molar-refractivity contribution in [3.05, 3.63) is 41.5 Å². The Balaban J connectivity index is 1.50. The molecule has 0 radical (unpaired) electrons. The molecule has 0 spiro atoms. The number of aromatic nitrogens is 3. The van der Waals surface area contributed by atoms with Gasteiger partial charge in [0.25, 0.3) is 0 Å². The first-order valence-corrected chi connectivity index (χ1v) is 8.34. The van der Waals surface area contributed by atoms with Gasteiger partial charge in [0.05, 0.1) is 12.6 Å². The number of ether oxygens (including phenoxy) is 1. The molecule has 3 heterocycles. The van der Waals surface area contributed by atoms with Crippen LogP contribution in [0.15, 0.2) is 24.3 Å². The van der Waals surface area contributed by atoms with Gasteiger partial charge in [0.15, 0.2) is 5.82 Å². The van der Waals surface area contributed by atoms with Gasteiger partial charge >= 0.3 is 0 Å². The van der Waals surface area contributed by atoms with Gasteiger partial charge in [-0.1, -0.05) is 18.2 Å². The van der Waals surface area contributed by atoms with E-state index >= 15 is 0 Å². The van der Waals surface area contributed by atoms with E-state index in [4.69, 9.17) is 4.74 Å². The molecule has 126 valence electrons. The van der Waals surface area contributed by atoms with Crippen molar-refractivity contribution < 1.29 is 9.53 Å². The molecule has 24 heavy (non-hydrogen) atoms. The number of carbonyl (C=O) groups excluding carboxylic acids is 1. The lowest BCUT2D eigenvalue weighted by Crippen LogP contribution is -2.49. The minimum absolute atomic E-state index is 0.0618. The maximum Gasteiger partial charge on any atom is 0.241 e. The Hall–Kier alpha value is -2.25. The zero-order valence-corrected chi connectivity index (χ0v) is 13.7. The van der Waals surface area contributed by atoms with Crippen LogP contribution in [0.1, 0.15) is 29.7 Å². The molecular weight excluding hydrogens is 306 g/mol. The summed E-state index contributed by atoms with van der Waals surface area (Å²) in [7, 11) is 0. The molecule has 4 rings (SSSR count). The molecule has 1 saturated heterocycles. The maximum atomic E-state index is 12.7. The van der Waals surface area contributed by atoms with Gasteiger partial charge in [-0.25, -0.2) is 4.98 Å². The second kappa shape index (κ2) is 6.33. The van der Waals surface area contributed by atoms with Crippen LogP contribution in [0.2, 0.25) is 0 Å². The number of amides is 1. The predicted octanol–water partition coefficient (Wildman–Crippen LogP) is 1.44. The highest BCUT2D eigenvalue weighted by atomic mass is 16.5. The maximum absolute atomic E-state index is 12.7. The average molecular weight is 327 g/mol. The molecule has 0 aliphatic carbocycles. The molecule has 1 aromatic heterocycles. The topological polar surface area (TPSA) is 83.1 Å². The zero-order valence-electron chi connectivity index (χ0n) is 13.7. The van der Waals surface area contributed by atoms with E-state index in [0.717, 1.165) is 30.9 Å². The molecule has 0 saturated carbocycles. The highest BCUT2D eigenvalue weighted by Gasteiger charge is 2.34. The van der Waals surface area contributed by atoms with Gasteiger partial charge in [-0.05, 0) is 31.4 Å². The third kappa shape index (κ3) is 2.92. The third-order valence-corrected chi connectivity index (χ3v) is 4.71. The number of fused-ring (bicyclic) bond motifs is 1. The summed E-state index contributed by atoms with van der Waals surface area (Å²) in [5.41, 5.74) is 2.13. The number of carbonyl (C=O) groups is 1. The van der Waals surface area contributed by atoms with Crippen molar-refractivity contribution in [1.82, 2.24) is 20.1 Å². The number of nitrogens with zero attached hydrogens (tertiary/aromatic N) is 3. The summed E-state index contributed by atoms with van der Waals surface area (Å²) in [5, 5.41) is 10.1. The normalized spacial score (nSPS) is 25.0. The smallest absolute Gasteiger partial charge is 0.241 e. The van der Waals surface area contributed by atoms with Crippen molar-refractivity contribution in [2.24, 2.45) is 0 Å². The van der Waals surface area contributed by atoms with E-state index in [2.05, 4.69) is 31.5 Å². The number of anilines is 1. The Bertz CT molecular complexity index is 744. The van der Waals surface area contributed by atoms with Crippen molar-refractivity contribution in [2.45, 2.75) is 31.9 Å². The molecular formula is C17H21N5O2. The Labute approximate surface area is 140 Å². The molecule has 2 atom stereocenters. The number of benzene rings is 1. The van der Waals surface area contributed by atoms with Crippen LogP contribution < -0.4 is 5.32 Å². The monoisotopic (exact) mass is 327 g/mol. The van der Waals surface area contributed by atoms with Crippen molar-refractivity contribution in [3.63, 3.8) is 0 Å². The molecule has 1 aromatic carbocycles. The van der Waals surface area contributed by atoms with Gasteiger partial charge in [-0.3, -0.25) is 14.8 Å². The lowest BCUT2D eigenvalue weighted by atomic mass is 10.0. The van der Waals surface area contributed by atoms with Crippen molar-refractivity contribution in [3.8, 4) is 0 Å². The van der Waals surface area contributed by atoms with Gasteiger partial charge in [0.2, 0.25) is 5.91 Å². The Morgan fingerprint density at radius 3 is 3.04 bits per heavy atom. The number of H-pyrrole nitrogens is 1. The molecule has 2 aliphatic rings. The highest BCUT2D eigenvalue weighted by molar-refractivity contribution is 5.96. The van der Waals surface area contributed by atoms with Crippen LogP contribution in [0, 0.1) is 6.92 Å². The van der Waals surface area contributed by atoms with Crippen molar-refractivity contribution >= 4 is 11.6 Å². The van der Waals surface area contributed by atoms with Gasteiger partial charge in [0, 0.05) is 18.8 Å². The average Bonchev–Trinajstić information content (AvgIpc) is 2.95. The van der Waals surface area contributed by atoms with E-state index in [0.29, 0.717) is 19.0 Å². The number of hydrogen-bond donors (Lipinski definition) is 2. The predicted molar refractivity (Wildman–Crippen MR) is 88.6 cm³/mol. The van der Waals surface area contributed by atoms with Crippen LogP contribution in [-0.4, -0.2) is 51.7 Å². The summed E-state index contributed by atoms with van der Waals surface area (Å²) in [4.78, 5) is 19.3. The Kier molecular flexibility index (Phi) is 4.03. The number of morpholine rings is 1. The second-order valence-corrected chi connectivity index (χ2v) is 6.33. The molecule has 2 N–H and O–H groups in total. The molecule has 1 amide bonds. The van der Waals surface area contributed by atoms with Crippen LogP contribution in [0.4, 0.5) is 5.69 Å². The number of aryl methyl sites for hydroxylation is 2. The number of aromatic amines is 1. The summed E-state index contributed by atoms with van der Waals surface area (Å²) in [5.74, 6) is 1.50. The highest BCUT2D eigenvalue weighted by Crippen LogP contribution is 2.27. The van der Waals surface area contributed by atoms with Crippen LogP contribution in [0.3, 0.4) is 0 Å². The Morgan fingerprint density at radius 1 is 1.33 bits per heavy atom. The second-order valence-electron chi connectivity index (χ2n) is 6.33. The molecule has 0 bridgehead atoms. The lowest BCUT2D eigenvalue weighted by Gasteiger charge is -2.36. The number of nitrogens with one attached hydrogen (secondary N) is 2. The van der Waals surface area contributed by atoms with E-state index in [-0.39, 0.29) is 18.1 Å². The molecule has 2 aliphatic heterocycles. The molecule has 7 nitrogen and oxygen atoms in total. The summed E-state index contributed by atoms with van der Waals surface area (Å²) in [6.07, 6.45) is 1.51. The fourth-order valence-electron chi connectivity index (χ4n) is 3.46. The minimum Gasteiger partial charge on any atom is -0.367 e. The third-order valence-electron chi connectivity index (χ3n) is 4.71. The number of rotatable bonds is 2. The van der Waals surface area contributed by atoms with Gasteiger partial charge < -0.3 is 10.1 Å². The fourth-order valence-corrected chi connectivity index (χ4v) is 3.46. The quantitative estimate of drug-likeness (QED) is 0.872. The molecule has 1 fully saturated rings. The van der Waals surface area contributed by atoms with Crippen LogP contribution in [-0.2, 0) is 16.0 Å². The summed E-state index contributed by atoms with van der Waals surface area (Å²) >= 11 is 0. The first kappa shape index (κ1) is 15.3. The summed E-state index contributed by atoms with van der Waals surface area (Å²) < 4.78 is 5.81. The van der Waals surface area contributed by atoms with Crippen molar-refractivity contribution in [1.29, 1.82) is 0 Å².